The van der Waals surface area contributed by atoms with Crippen molar-refractivity contribution >= 4 is 12.6 Å². The maximum Gasteiger partial charge on any atom is 0.150 e. The topological polar surface area (TPSA) is 69.6 Å². The molecule has 0 saturated carbocycles. The third-order valence-corrected chi connectivity index (χ3v) is 3.49. The maximum absolute atomic E-state index is 11.2. The van der Waals surface area contributed by atoms with Crippen molar-refractivity contribution < 1.29 is 14.7 Å². The van der Waals surface area contributed by atoms with Crippen LogP contribution in [0.5, 0.6) is 5.75 Å². The molecule has 0 bridgehead atoms. The Kier molecular flexibility index (Phi) is 6.62. The highest BCUT2D eigenvalue weighted by atomic mass is 16.3. The lowest BCUT2D eigenvalue weighted by Gasteiger charge is -2.24. The molecule has 1 aromatic rings. The van der Waals surface area contributed by atoms with Gasteiger partial charge in [-0.15, -0.1) is 0 Å². The van der Waals surface area contributed by atoms with Crippen molar-refractivity contribution in [3.63, 3.8) is 0 Å². The average Bonchev–Trinajstić information content (AvgIpc) is 2.47. The zero-order chi connectivity index (χ0) is 15.8. The van der Waals surface area contributed by atoms with Gasteiger partial charge in [-0.3, -0.25) is 9.69 Å². The first-order chi connectivity index (χ1) is 10.0. The van der Waals surface area contributed by atoms with Gasteiger partial charge in [-0.1, -0.05) is 6.58 Å². The van der Waals surface area contributed by atoms with Crippen molar-refractivity contribution in [1.29, 1.82) is 0 Å². The number of phenolic OH excluding ortho intramolecular Hbond substituents is 1. The van der Waals surface area contributed by atoms with Crippen LogP contribution in [0.4, 0.5) is 0 Å². The fourth-order valence-electron chi connectivity index (χ4n) is 2.07. The molecule has 0 aliphatic carbocycles. The van der Waals surface area contributed by atoms with Gasteiger partial charge in [-0.2, -0.15) is 0 Å². The third kappa shape index (κ3) is 5.04. The number of nitrogens with one attached hydrogen (secondary N) is 1. The molecule has 0 aliphatic rings. The van der Waals surface area contributed by atoms with Crippen LogP contribution < -0.4 is 5.32 Å². The molecular formula is C16H22N2O3. The summed E-state index contributed by atoms with van der Waals surface area (Å²) in [5.41, 5.74) is 2.09. The van der Waals surface area contributed by atoms with Crippen LogP contribution in [0.2, 0.25) is 0 Å². The molecule has 0 radical (unpaired) electrons. The van der Waals surface area contributed by atoms with Crippen LogP contribution in [0.1, 0.15) is 28.8 Å². The zero-order valence-electron chi connectivity index (χ0n) is 12.5. The van der Waals surface area contributed by atoms with Crippen LogP contribution >= 0.6 is 0 Å². The maximum atomic E-state index is 11.2. The van der Waals surface area contributed by atoms with E-state index in [4.69, 9.17) is 0 Å². The summed E-state index contributed by atoms with van der Waals surface area (Å²) < 4.78 is 0. The first-order valence-corrected chi connectivity index (χ1v) is 6.80. The van der Waals surface area contributed by atoms with E-state index in [1.165, 1.54) is 6.07 Å². The van der Waals surface area contributed by atoms with E-state index < -0.39 is 0 Å². The molecule has 0 aromatic heterocycles. The van der Waals surface area contributed by atoms with Gasteiger partial charge in [-0.25, -0.2) is 0 Å². The van der Waals surface area contributed by atoms with E-state index in [9.17, 15) is 14.7 Å². The van der Waals surface area contributed by atoms with E-state index in [1.807, 2.05) is 11.9 Å². The van der Waals surface area contributed by atoms with E-state index in [0.29, 0.717) is 30.5 Å². The summed E-state index contributed by atoms with van der Waals surface area (Å²) in [6.07, 6.45) is 2.99. The summed E-state index contributed by atoms with van der Waals surface area (Å²) >= 11 is 0. The standard InChI is InChI=1S/C16H22N2O3/c1-12(17-2)4-6-15(11-20)18(3)9-14-8-16(21)7-5-13(14)10-19/h5,7-8,10-11,15,17,21H,1,4,6,9H2,2-3H3. The van der Waals surface area contributed by atoms with Crippen LogP contribution in [-0.4, -0.2) is 42.7 Å². The summed E-state index contributed by atoms with van der Waals surface area (Å²) in [5, 5.41) is 12.5. The van der Waals surface area contributed by atoms with Crippen molar-refractivity contribution in [3.05, 3.63) is 41.6 Å². The van der Waals surface area contributed by atoms with Gasteiger partial charge in [-0.05, 0) is 43.7 Å². The second-order valence-corrected chi connectivity index (χ2v) is 5.01. The lowest BCUT2D eigenvalue weighted by Crippen LogP contribution is -2.33. The Hall–Kier alpha value is -2.14. The van der Waals surface area contributed by atoms with Crippen molar-refractivity contribution in [3.8, 4) is 5.75 Å². The van der Waals surface area contributed by atoms with Crippen molar-refractivity contribution in [2.75, 3.05) is 14.1 Å². The largest absolute Gasteiger partial charge is 0.508 e. The van der Waals surface area contributed by atoms with Crippen LogP contribution in [0, 0.1) is 0 Å². The van der Waals surface area contributed by atoms with E-state index in [2.05, 4.69) is 11.9 Å². The van der Waals surface area contributed by atoms with Gasteiger partial charge in [0.15, 0.2) is 0 Å². The molecule has 0 amide bonds. The monoisotopic (exact) mass is 290 g/mol. The lowest BCUT2D eigenvalue weighted by atomic mass is 10.1. The van der Waals surface area contributed by atoms with Gasteiger partial charge in [0, 0.05) is 24.9 Å². The Labute approximate surface area is 125 Å². The van der Waals surface area contributed by atoms with Gasteiger partial charge in [0.1, 0.15) is 18.3 Å². The van der Waals surface area contributed by atoms with Crippen molar-refractivity contribution in [2.24, 2.45) is 0 Å². The van der Waals surface area contributed by atoms with E-state index >= 15 is 0 Å². The van der Waals surface area contributed by atoms with Crippen LogP contribution in [0.25, 0.3) is 0 Å². The minimum Gasteiger partial charge on any atom is -0.508 e. The molecule has 1 atom stereocenters. The summed E-state index contributed by atoms with van der Waals surface area (Å²) in [5.74, 6) is 0.107. The van der Waals surface area contributed by atoms with E-state index in [0.717, 1.165) is 18.3 Å². The Morgan fingerprint density at radius 2 is 2.19 bits per heavy atom. The Morgan fingerprint density at radius 1 is 1.48 bits per heavy atom. The zero-order valence-corrected chi connectivity index (χ0v) is 12.5. The number of hydrogen-bond donors (Lipinski definition) is 2. The molecule has 1 aromatic carbocycles. The van der Waals surface area contributed by atoms with Crippen LogP contribution in [0.3, 0.4) is 0 Å². The van der Waals surface area contributed by atoms with Gasteiger partial charge in [0.05, 0.1) is 6.04 Å². The van der Waals surface area contributed by atoms with Gasteiger partial charge in [0.2, 0.25) is 0 Å². The number of likely N-dealkylation sites (N-methyl/N-ethyl adjacent to an activating group) is 1. The molecule has 0 spiro atoms. The van der Waals surface area contributed by atoms with Crippen molar-refractivity contribution in [2.45, 2.75) is 25.4 Å². The number of nitrogens with zero attached hydrogens (tertiary/aromatic N) is 1. The summed E-state index contributed by atoms with van der Waals surface area (Å²) in [7, 11) is 3.62. The fraction of sp³-hybridized carbons (Fsp3) is 0.375. The molecule has 5 heteroatoms. The Bertz CT molecular complexity index is 514. The second kappa shape index (κ2) is 8.21. The highest BCUT2D eigenvalue weighted by molar-refractivity contribution is 5.77. The molecule has 0 fully saturated rings. The number of carbonyl (C=O) groups is 2. The summed E-state index contributed by atoms with van der Waals surface area (Å²) in [6.45, 7) is 4.25. The van der Waals surface area contributed by atoms with Crippen LogP contribution in [0.15, 0.2) is 30.5 Å². The number of allylic oxidation sites excluding steroid dienone is 1. The minimum atomic E-state index is -0.267. The van der Waals surface area contributed by atoms with Crippen molar-refractivity contribution in [1.82, 2.24) is 10.2 Å². The second-order valence-electron chi connectivity index (χ2n) is 5.01. The van der Waals surface area contributed by atoms with Crippen LogP contribution in [-0.2, 0) is 11.3 Å². The number of phenols is 1. The molecule has 1 unspecified atom stereocenters. The molecule has 0 aliphatic heterocycles. The number of carbonyl (C=O) groups excluding carboxylic acids is 2. The summed E-state index contributed by atoms with van der Waals surface area (Å²) in [6, 6.07) is 4.33. The van der Waals surface area contributed by atoms with E-state index in [1.54, 1.807) is 19.2 Å². The molecule has 0 saturated heterocycles. The number of benzene rings is 1. The highest BCUT2D eigenvalue weighted by Gasteiger charge is 2.16. The number of hydrogen-bond acceptors (Lipinski definition) is 5. The SMILES string of the molecule is C=C(CCC(C=O)N(C)Cc1cc(O)ccc1C=O)NC. The Balaban J connectivity index is 2.75. The minimum absolute atomic E-state index is 0.107. The molecule has 114 valence electrons. The third-order valence-electron chi connectivity index (χ3n) is 3.49. The molecular weight excluding hydrogens is 268 g/mol. The first kappa shape index (κ1) is 16.9. The molecule has 1 rings (SSSR count). The van der Waals surface area contributed by atoms with Gasteiger partial charge in [0.25, 0.3) is 0 Å². The highest BCUT2D eigenvalue weighted by Crippen LogP contribution is 2.18. The lowest BCUT2D eigenvalue weighted by molar-refractivity contribution is -0.112. The predicted molar refractivity (Wildman–Crippen MR) is 82.2 cm³/mol. The number of aromatic hydroxyl groups is 1. The normalized spacial score (nSPS) is 12.0. The smallest absolute Gasteiger partial charge is 0.150 e. The number of rotatable bonds is 9. The first-order valence-electron chi connectivity index (χ1n) is 6.80. The van der Waals surface area contributed by atoms with E-state index in [-0.39, 0.29) is 11.8 Å². The van der Waals surface area contributed by atoms with Gasteiger partial charge < -0.3 is 15.2 Å². The average molecular weight is 290 g/mol. The number of aldehydes is 2. The Morgan fingerprint density at radius 3 is 2.76 bits per heavy atom. The van der Waals surface area contributed by atoms with Gasteiger partial charge >= 0.3 is 0 Å². The predicted octanol–water partition coefficient (Wildman–Crippen LogP) is 1.72. The fourth-order valence-corrected chi connectivity index (χ4v) is 2.07. The molecule has 0 heterocycles. The summed E-state index contributed by atoms with van der Waals surface area (Å²) in [4.78, 5) is 24.1. The molecule has 2 N–H and O–H groups in total. The molecule has 5 nitrogen and oxygen atoms in total. The molecule has 21 heavy (non-hydrogen) atoms. The quantitative estimate of drug-likeness (QED) is 0.678.